The maximum atomic E-state index is 11.0. The average Bonchev–Trinajstić information content (AvgIpc) is 3.21. The number of aliphatic carboxylic acids is 1. The summed E-state index contributed by atoms with van der Waals surface area (Å²) in [6.45, 7) is 1.13. The molecule has 24 heavy (non-hydrogen) atoms. The van der Waals surface area contributed by atoms with Crippen LogP contribution in [0.1, 0.15) is 24.3 Å². The van der Waals surface area contributed by atoms with Crippen LogP contribution >= 0.6 is 23.1 Å². The van der Waals surface area contributed by atoms with Crippen LogP contribution in [0.5, 0.6) is 0 Å². The van der Waals surface area contributed by atoms with Crippen molar-refractivity contribution >= 4 is 50.0 Å². The summed E-state index contributed by atoms with van der Waals surface area (Å²) in [5.41, 5.74) is 1.95. The molecule has 0 saturated carbocycles. The number of rotatable bonds is 8. The van der Waals surface area contributed by atoms with E-state index in [1.807, 2.05) is 12.1 Å². The Morgan fingerprint density at radius 2 is 2.21 bits per heavy atom. The molecule has 0 aliphatic carbocycles. The van der Waals surface area contributed by atoms with Gasteiger partial charge in [-0.1, -0.05) is 0 Å². The van der Waals surface area contributed by atoms with Gasteiger partial charge in [0.25, 0.3) is 0 Å². The van der Waals surface area contributed by atoms with E-state index >= 15 is 0 Å². The highest BCUT2D eigenvalue weighted by Gasteiger charge is 2.26. The number of carboxylic acid groups (broad SMARTS) is 1. The lowest BCUT2D eigenvalue weighted by molar-refractivity contribution is -0.137. The molecule has 0 bridgehead atoms. The van der Waals surface area contributed by atoms with Gasteiger partial charge >= 0.3 is 5.97 Å². The number of carboxylic acids is 1. The zero-order valence-electron chi connectivity index (χ0n) is 13.1. The number of hydrogen-bond acceptors (Lipinski definition) is 7. The standard InChI is InChI=1S/C16H19N3O3S2/c20-7-3-1-2-6-17-10-4-5-11-13(8-10)24-15(18-11)14-19-12(9-23-14)16(21)22/h4-5,8,12,17,20H,1-3,6-7,9H2,(H,21,22)/t12-/m1/s1. The molecule has 0 radical (unpaired) electrons. The zero-order valence-corrected chi connectivity index (χ0v) is 14.7. The Bertz CT molecular complexity index is 760. The molecule has 0 fully saturated rings. The van der Waals surface area contributed by atoms with E-state index in [9.17, 15) is 4.79 Å². The number of hydrogen-bond donors (Lipinski definition) is 3. The smallest absolute Gasteiger partial charge is 0.329 e. The van der Waals surface area contributed by atoms with E-state index in [-0.39, 0.29) is 6.61 Å². The number of nitrogens with one attached hydrogen (secondary N) is 1. The number of benzene rings is 1. The van der Waals surface area contributed by atoms with Crippen LogP contribution in [0.2, 0.25) is 0 Å². The van der Waals surface area contributed by atoms with E-state index in [4.69, 9.17) is 10.2 Å². The maximum Gasteiger partial charge on any atom is 0.329 e. The molecule has 1 atom stereocenters. The molecule has 6 nitrogen and oxygen atoms in total. The summed E-state index contributed by atoms with van der Waals surface area (Å²) in [5.74, 6) is -0.410. The minimum Gasteiger partial charge on any atom is -0.480 e. The molecule has 0 spiro atoms. The lowest BCUT2D eigenvalue weighted by atomic mass is 10.2. The SMILES string of the molecule is O=C(O)[C@H]1CSC(c2nc3ccc(NCCCCCO)cc3s2)=N1. The molecule has 2 aromatic rings. The Hall–Kier alpha value is -1.64. The second-order valence-corrected chi connectivity index (χ2v) is 7.55. The molecule has 2 heterocycles. The summed E-state index contributed by atoms with van der Waals surface area (Å²) in [6, 6.07) is 5.38. The van der Waals surface area contributed by atoms with Crippen LogP contribution < -0.4 is 5.32 Å². The van der Waals surface area contributed by atoms with E-state index < -0.39 is 12.0 Å². The first-order valence-corrected chi connectivity index (χ1v) is 9.66. The second kappa shape index (κ2) is 7.96. The number of aromatic nitrogens is 1. The summed E-state index contributed by atoms with van der Waals surface area (Å²) in [5, 5.41) is 22.7. The van der Waals surface area contributed by atoms with Gasteiger partial charge < -0.3 is 15.5 Å². The number of anilines is 1. The topological polar surface area (TPSA) is 94.8 Å². The van der Waals surface area contributed by atoms with Crippen LogP contribution in [0.15, 0.2) is 23.2 Å². The van der Waals surface area contributed by atoms with Crippen molar-refractivity contribution in [3.8, 4) is 0 Å². The fourth-order valence-electron chi connectivity index (χ4n) is 2.39. The summed E-state index contributed by atoms with van der Waals surface area (Å²) < 4.78 is 1.06. The molecule has 128 valence electrons. The number of aliphatic hydroxyl groups excluding tert-OH is 1. The van der Waals surface area contributed by atoms with Crippen molar-refractivity contribution in [1.29, 1.82) is 0 Å². The van der Waals surface area contributed by atoms with E-state index in [1.165, 1.54) is 11.8 Å². The van der Waals surface area contributed by atoms with Gasteiger partial charge in [0.05, 0.1) is 10.2 Å². The van der Waals surface area contributed by atoms with Crippen molar-refractivity contribution in [3.63, 3.8) is 0 Å². The van der Waals surface area contributed by atoms with Crippen LogP contribution in [0, 0.1) is 0 Å². The highest BCUT2D eigenvalue weighted by molar-refractivity contribution is 8.15. The van der Waals surface area contributed by atoms with E-state index in [0.717, 1.165) is 51.8 Å². The molecule has 3 N–H and O–H groups in total. The summed E-state index contributed by atoms with van der Waals surface area (Å²) >= 11 is 2.99. The largest absolute Gasteiger partial charge is 0.480 e. The minimum absolute atomic E-state index is 0.250. The van der Waals surface area contributed by atoms with Crippen molar-refractivity contribution in [2.45, 2.75) is 25.3 Å². The predicted octanol–water partition coefficient (Wildman–Crippen LogP) is 2.82. The van der Waals surface area contributed by atoms with Crippen LogP contribution in [0.25, 0.3) is 10.2 Å². The molecule has 0 saturated heterocycles. The van der Waals surface area contributed by atoms with E-state index in [1.54, 1.807) is 11.3 Å². The third-order valence-corrected chi connectivity index (χ3v) is 5.88. The highest BCUT2D eigenvalue weighted by atomic mass is 32.2. The van der Waals surface area contributed by atoms with Gasteiger partial charge in [0, 0.05) is 24.6 Å². The Kier molecular flexibility index (Phi) is 5.70. The number of fused-ring (bicyclic) bond motifs is 1. The summed E-state index contributed by atoms with van der Waals surface area (Å²) in [4.78, 5) is 19.8. The molecule has 1 aliphatic heterocycles. The van der Waals surface area contributed by atoms with Crippen LogP contribution in [0.3, 0.4) is 0 Å². The third kappa shape index (κ3) is 4.06. The average molecular weight is 365 g/mol. The van der Waals surface area contributed by atoms with Crippen LogP contribution in [0.4, 0.5) is 5.69 Å². The molecule has 3 rings (SSSR count). The van der Waals surface area contributed by atoms with Crippen molar-refractivity contribution in [2.24, 2.45) is 4.99 Å². The number of aliphatic imine (C=N–C) groups is 1. The lowest BCUT2D eigenvalue weighted by Gasteiger charge is -2.05. The van der Waals surface area contributed by atoms with Crippen molar-refractivity contribution < 1.29 is 15.0 Å². The molecule has 8 heteroatoms. The van der Waals surface area contributed by atoms with Gasteiger partial charge in [0.15, 0.2) is 6.04 Å². The first kappa shape index (κ1) is 17.2. The number of nitrogens with zero attached hydrogens (tertiary/aromatic N) is 2. The van der Waals surface area contributed by atoms with Crippen LogP contribution in [-0.2, 0) is 4.79 Å². The third-order valence-electron chi connectivity index (χ3n) is 3.67. The first-order chi connectivity index (χ1) is 11.7. The van der Waals surface area contributed by atoms with E-state index in [0.29, 0.717) is 5.75 Å². The fourth-order valence-corrected chi connectivity index (χ4v) is 4.49. The fraction of sp³-hybridized carbons (Fsp3) is 0.438. The Balaban J connectivity index is 1.68. The number of carbonyl (C=O) groups is 1. The number of thioether (sulfide) groups is 1. The van der Waals surface area contributed by atoms with Gasteiger partial charge in [-0.25, -0.2) is 9.78 Å². The van der Waals surface area contributed by atoms with Gasteiger partial charge in [0.2, 0.25) is 0 Å². The lowest BCUT2D eigenvalue weighted by Crippen LogP contribution is -2.17. The predicted molar refractivity (Wildman–Crippen MR) is 99.5 cm³/mol. The molecule has 0 unspecified atom stereocenters. The Morgan fingerprint density at radius 3 is 2.96 bits per heavy atom. The monoisotopic (exact) mass is 365 g/mol. The van der Waals surface area contributed by atoms with Gasteiger partial charge in [-0.3, -0.25) is 4.99 Å². The van der Waals surface area contributed by atoms with Gasteiger partial charge in [-0.2, -0.15) is 0 Å². The normalized spacial score (nSPS) is 17.2. The molecule has 1 aromatic heterocycles. The molecular formula is C16H19N3O3S2. The summed E-state index contributed by atoms with van der Waals surface area (Å²) in [7, 11) is 0. The minimum atomic E-state index is -0.883. The van der Waals surface area contributed by atoms with Gasteiger partial charge in [-0.15, -0.1) is 23.1 Å². The van der Waals surface area contributed by atoms with E-state index in [2.05, 4.69) is 21.4 Å². The highest BCUT2D eigenvalue weighted by Crippen LogP contribution is 2.31. The van der Waals surface area contributed by atoms with Gasteiger partial charge in [0.1, 0.15) is 10.1 Å². The van der Waals surface area contributed by atoms with Crippen molar-refractivity contribution in [2.75, 3.05) is 24.2 Å². The number of unbranched alkanes of at least 4 members (excludes halogenated alkanes) is 2. The van der Waals surface area contributed by atoms with Crippen molar-refractivity contribution in [1.82, 2.24) is 4.98 Å². The number of aliphatic hydroxyl groups is 1. The zero-order chi connectivity index (χ0) is 16.9. The second-order valence-electron chi connectivity index (χ2n) is 5.51. The van der Waals surface area contributed by atoms with Gasteiger partial charge in [-0.05, 0) is 37.5 Å². The molecule has 1 aliphatic rings. The molecule has 0 amide bonds. The quantitative estimate of drug-likeness (QED) is 0.623. The van der Waals surface area contributed by atoms with Crippen LogP contribution in [-0.4, -0.2) is 51.2 Å². The first-order valence-electron chi connectivity index (χ1n) is 7.86. The molecular weight excluding hydrogens is 346 g/mol. The summed E-state index contributed by atoms with van der Waals surface area (Å²) in [6.07, 6.45) is 2.88. The maximum absolute atomic E-state index is 11.0. The Labute approximate surface area is 148 Å². The van der Waals surface area contributed by atoms with Crippen molar-refractivity contribution in [3.05, 3.63) is 23.2 Å². The Morgan fingerprint density at radius 1 is 1.33 bits per heavy atom. The number of thiazole rings is 1. The molecule has 1 aromatic carbocycles.